The van der Waals surface area contributed by atoms with E-state index in [-0.39, 0.29) is 12.4 Å². The van der Waals surface area contributed by atoms with Crippen LogP contribution < -0.4 is 4.74 Å². The predicted octanol–water partition coefficient (Wildman–Crippen LogP) is 4.85. The van der Waals surface area contributed by atoms with Crippen LogP contribution in [0.3, 0.4) is 0 Å². The number of rotatable bonds is 3. The molecule has 0 aliphatic carbocycles. The van der Waals surface area contributed by atoms with Crippen LogP contribution in [0.4, 0.5) is 0 Å². The van der Waals surface area contributed by atoms with Crippen molar-refractivity contribution in [2.45, 2.75) is 6.42 Å². The molecule has 6 heteroatoms. The zero-order valence-electron chi connectivity index (χ0n) is 15.8. The van der Waals surface area contributed by atoms with Gasteiger partial charge in [0, 0.05) is 17.5 Å². The van der Waals surface area contributed by atoms with Crippen LogP contribution in [0, 0.1) is 0 Å². The molecule has 1 aromatic heterocycles. The van der Waals surface area contributed by atoms with Gasteiger partial charge in [-0.05, 0) is 35.4 Å². The molecule has 3 aromatic carbocycles. The van der Waals surface area contributed by atoms with Crippen molar-refractivity contribution in [1.82, 2.24) is 14.9 Å². The number of nitrogens with zero attached hydrogens (tertiary/aromatic N) is 4. The highest BCUT2D eigenvalue weighted by molar-refractivity contribution is 6.03. The van der Waals surface area contributed by atoms with Gasteiger partial charge in [-0.25, -0.2) is 0 Å². The number of hydrogen-bond acceptors (Lipinski definition) is 4. The van der Waals surface area contributed by atoms with Crippen molar-refractivity contribution in [3.63, 3.8) is 0 Å². The smallest absolute Gasteiger partial charge is 0.185 e. The number of ether oxygens (including phenoxy) is 1. The minimum Gasteiger partial charge on any atom is -0.497 e. The summed E-state index contributed by atoms with van der Waals surface area (Å²) in [6.07, 6.45) is 0.722. The third-order valence-corrected chi connectivity index (χ3v) is 4.93. The number of hydrogen-bond donors (Lipinski definition) is 0. The van der Waals surface area contributed by atoms with E-state index in [1.54, 1.807) is 7.11 Å². The van der Waals surface area contributed by atoms with Crippen LogP contribution in [0.5, 0.6) is 5.75 Å². The second-order valence-electron chi connectivity index (χ2n) is 6.63. The van der Waals surface area contributed by atoms with Gasteiger partial charge in [0.15, 0.2) is 11.6 Å². The Bertz CT molecular complexity index is 1170. The average Bonchev–Trinajstić information content (AvgIpc) is 3.10. The van der Waals surface area contributed by atoms with E-state index in [9.17, 15) is 0 Å². The maximum atomic E-state index is 5.29. The zero-order chi connectivity index (χ0) is 18.9. The summed E-state index contributed by atoms with van der Waals surface area (Å²) in [6, 6.07) is 26.3. The monoisotopic (exact) mass is 402 g/mol. The van der Waals surface area contributed by atoms with Gasteiger partial charge in [0.2, 0.25) is 0 Å². The normalized spacial score (nSPS) is 12.1. The molecular weight excluding hydrogens is 384 g/mol. The van der Waals surface area contributed by atoms with Crippen LogP contribution in [0.25, 0.3) is 22.8 Å². The predicted molar refractivity (Wildman–Crippen MR) is 117 cm³/mol. The van der Waals surface area contributed by atoms with Crippen LogP contribution in [0.15, 0.2) is 84.0 Å². The van der Waals surface area contributed by atoms with Crippen LogP contribution in [-0.2, 0) is 6.42 Å². The highest BCUT2D eigenvalue weighted by Crippen LogP contribution is 2.30. The second kappa shape index (κ2) is 7.89. The lowest BCUT2D eigenvalue weighted by atomic mass is 9.98. The average molecular weight is 403 g/mol. The summed E-state index contributed by atoms with van der Waals surface area (Å²) in [5.41, 5.74) is 5.24. The van der Waals surface area contributed by atoms with Gasteiger partial charge < -0.3 is 4.74 Å². The fourth-order valence-electron chi connectivity index (χ4n) is 3.48. The van der Waals surface area contributed by atoms with Crippen molar-refractivity contribution in [2.24, 2.45) is 5.10 Å². The minimum absolute atomic E-state index is 0. The van der Waals surface area contributed by atoms with E-state index in [1.807, 2.05) is 65.3 Å². The highest BCUT2D eigenvalue weighted by Gasteiger charge is 2.22. The first-order valence-corrected chi connectivity index (χ1v) is 9.15. The molecule has 0 saturated heterocycles. The summed E-state index contributed by atoms with van der Waals surface area (Å²) in [4.78, 5) is 0. The third-order valence-electron chi connectivity index (χ3n) is 4.93. The Morgan fingerprint density at radius 2 is 1.45 bits per heavy atom. The van der Waals surface area contributed by atoms with E-state index >= 15 is 0 Å². The third kappa shape index (κ3) is 3.41. The van der Waals surface area contributed by atoms with E-state index in [0.29, 0.717) is 0 Å². The van der Waals surface area contributed by atoms with Gasteiger partial charge >= 0.3 is 0 Å². The Morgan fingerprint density at radius 1 is 0.759 bits per heavy atom. The van der Waals surface area contributed by atoms with Gasteiger partial charge in [-0.15, -0.1) is 22.6 Å². The van der Waals surface area contributed by atoms with Crippen LogP contribution in [0.1, 0.15) is 11.1 Å². The molecule has 0 atom stereocenters. The van der Waals surface area contributed by atoms with Crippen LogP contribution >= 0.6 is 12.4 Å². The maximum Gasteiger partial charge on any atom is 0.185 e. The summed E-state index contributed by atoms with van der Waals surface area (Å²) in [7, 11) is 1.67. The standard InChI is InChI=1S/C23H18N4O.ClH/c1-28-19-13-11-16(12-14-19)21-15-18-9-5-6-10-20(18)23-25-24-22(27(23)26-21)17-7-3-2-4-8-17;/h2-14H,15H2,1H3;1H. The lowest BCUT2D eigenvalue weighted by molar-refractivity contribution is 0.415. The molecular formula is C23H19ClN4O. The summed E-state index contributed by atoms with van der Waals surface area (Å²) < 4.78 is 7.16. The van der Waals surface area contributed by atoms with Gasteiger partial charge in [0.25, 0.3) is 0 Å². The van der Waals surface area contributed by atoms with Gasteiger partial charge in [0.1, 0.15) is 5.75 Å². The van der Waals surface area contributed by atoms with Gasteiger partial charge in [0.05, 0.1) is 12.8 Å². The fourth-order valence-corrected chi connectivity index (χ4v) is 3.48. The first-order chi connectivity index (χ1) is 13.8. The van der Waals surface area contributed by atoms with Crippen molar-refractivity contribution in [2.75, 3.05) is 7.11 Å². The fraction of sp³-hybridized carbons (Fsp3) is 0.0870. The molecule has 29 heavy (non-hydrogen) atoms. The molecule has 144 valence electrons. The minimum atomic E-state index is 0. The Balaban J connectivity index is 0.00000205. The van der Waals surface area contributed by atoms with E-state index in [1.165, 1.54) is 5.56 Å². The van der Waals surface area contributed by atoms with E-state index in [2.05, 4.69) is 28.4 Å². The number of halogens is 1. The van der Waals surface area contributed by atoms with Crippen LogP contribution in [-0.4, -0.2) is 27.7 Å². The number of fused-ring (bicyclic) bond motifs is 3. The Morgan fingerprint density at radius 3 is 2.21 bits per heavy atom. The molecule has 0 fully saturated rings. The summed E-state index contributed by atoms with van der Waals surface area (Å²) in [5.74, 6) is 2.32. The number of aromatic nitrogens is 3. The molecule has 5 nitrogen and oxygen atoms in total. The van der Waals surface area contributed by atoms with E-state index < -0.39 is 0 Å². The second-order valence-corrected chi connectivity index (χ2v) is 6.63. The van der Waals surface area contributed by atoms with E-state index in [0.717, 1.165) is 46.2 Å². The molecule has 2 heterocycles. The molecule has 0 N–H and O–H groups in total. The number of benzene rings is 3. The topological polar surface area (TPSA) is 52.3 Å². The lowest BCUT2D eigenvalue weighted by Gasteiger charge is -2.08. The van der Waals surface area contributed by atoms with Crippen molar-refractivity contribution in [3.05, 3.63) is 90.0 Å². The Hall–Kier alpha value is -3.44. The Labute approximate surface area is 175 Å². The summed E-state index contributed by atoms with van der Waals surface area (Å²) in [5, 5.41) is 13.9. The number of methoxy groups -OCH3 is 1. The molecule has 4 aromatic rings. The summed E-state index contributed by atoms with van der Waals surface area (Å²) >= 11 is 0. The molecule has 0 amide bonds. The Kier molecular flexibility index (Phi) is 5.14. The van der Waals surface area contributed by atoms with Crippen molar-refractivity contribution in [3.8, 4) is 28.5 Å². The van der Waals surface area contributed by atoms with Gasteiger partial charge in [-0.1, -0.05) is 54.6 Å². The molecule has 0 saturated carbocycles. The van der Waals surface area contributed by atoms with Gasteiger partial charge in [-0.2, -0.15) is 9.78 Å². The first-order valence-electron chi connectivity index (χ1n) is 9.15. The molecule has 1 aliphatic heterocycles. The molecule has 1 aliphatic rings. The molecule has 5 rings (SSSR count). The molecule has 0 radical (unpaired) electrons. The molecule has 0 spiro atoms. The quantitative estimate of drug-likeness (QED) is 0.492. The lowest BCUT2D eigenvalue weighted by Crippen LogP contribution is -2.07. The SMILES string of the molecule is COc1ccc(C2=Nn3c(-c4ccccc4)nnc3-c3ccccc3C2)cc1.Cl. The first kappa shape index (κ1) is 18.9. The zero-order valence-corrected chi connectivity index (χ0v) is 16.6. The van der Waals surface area contributed by atoms with Crippen LogP contribution in [0.2, 0.25) is 0 Å². The van der Waals surface area contributed by atoms with E-state index in [4.69, 9.17) is 9.84 Å². The van der Waals surface area contributed by atoms with Crippen molar-refractivity contribution >= 4 is 18.1 Å². The molecule has 0 unspecified atom stereocenters. The highest BCUT2D eigenvalue weighted by atomic mass is 35.5. The maximum absolute atomic E-state index is 5.29. The van der Waals surface area contributed by atoms with Gasteiger partial charge in [-0.3, -0.25) is 0 Å². The van der Waals surface area contributed by atoms with Crippen molar-refractivity contribution in [1.29, 1.82) is 0 Å². The molecule has 0 bridgehead atoms. The summed E-state index contributed by atoms with van der Waals surface area (Å²) in [6.45, 7) is 0. The largest absolute Gasteiger partial charge is 0.497 e. The van der Waals surface area contributed by atoms with Crippen molar-refractivity contribution < 1.29 is 4.74 Å².